The average Bonchev–Trinajstić information content (AvgIpc) is 2.56. The lowest BCUT2D eigenvalue weighted by molar-refractivity contribution is 0.270. The molecule has 2 aliphatic carbocycles. The first kappa shape index (κ1) is 15.0. The molecule has 2 N–H and O–H groups in total. The standard InChI is InChI=1S/C16H21NO2.C2H3N/c18-14-9-13-11-4-2-1-3-10(11)5-6-12(13)15-16(14)19-8-7-17-15;1-2-3/h9-11,17-18H,1-8H2;1H3. The molecule has 4 rings (SSSR count). The second kappa shape index (κ2) is 6.48. The molecule has 1 fully saturated rings. The zero-order chi connectivity index (χ0) is 15.5. The number of phenolic OH excluding ortho intramolecular Hbond substituents is 1. The van der Waals surface area contributed by atoms with Crippen LogP contribution in [-0.4, -0.2) is 18.3 Å². The summed E-state index contributed by atoms with van der Waals surface area (Å²) in [6.07, 6.45) is 7.81. The number of ether oxygens (including phenoxy) is 1. The van der Waals surface area contributed by atoms with E-state index in [1.54, 1.807) is 6.07 Å². The Kier molecular flexibility index (Phi) is 4.42. The highest BCUT2D eigenvalue weighted by Crippen LogP contribution is 2.51. The minimum absolute atomic E-state index is 0.326. The van der Waals surface area contributed by atoms with Crippen LogP contribution < -0.4 is 10.1 Å². The van der Waals surface area contributed by atoms with Crippen molar-refractivity contribution in [2.45, 2.75) is 51.4 Å². The van der Waals surface area contributed by atoms with E-state index in [-0.39, 0.29) is 0 Å². The molecule has 4 nitrogen and oxygen atoms in total. The maximum atomic E-state index is 10.2. The first-order valence-electron chi connectivity index (χ1n) is 8.32. The molecular formula is C18H24N2O2. The largest absolute Gasteiger partial charge is 0.504 e. The molecule has 3 aliphatic rings. The lowest BCUT2D eigenvalue weighted by Gasteiger charge is -2.39. The van der Waals surface area contributed by atoms with Gasteiger partial charge in [0.2, 0.25) is 0 Å². The van der Waals surface area contributed by atoms with Crippen molar-refractivity contribution in [1.29, 1.82) is 5.26 Å². The summed E-state index contributed by atoms with van der Waals surface area (Å²) in [5, 5.41) is 21.0. The van der Waals surface area contributed by atoms with Crippen LogP contribution in [0.25, 0.3) is 0 Å². The summed E-state index contributed by atoms with van der Waals surface area (Å²) in [4.78, 5) is 0. The van der Waals surface area contributed by atoms with Crippen LogP contribution in [0.2, 0.25) is 0 Å². The molecule has 2 atom stereocenters. The molecule has 1 saturated carbocycles. The van der Waals surface area contributed by atoms with E-state index in [0.29, 0.717) is 24.0 Å². The Morgan fingerprint density at radius 3 is 2.91 bits per heavy atom. The fourth-order valence-electron chi connectivity index (χ4n) is 4.26. The second-order valence-electron chi connectivity index (χ2n) is 6.36. The summed E-state index contributed by atoms with van der Waals surface area (Å²) in [5.41, 5.74) is 3.88. The number of nitrogens with zero attached hydrogens (tertiary/aromatic N) is 1. The van der Waals surface area contributed by atoms with Gasteiger partial charge in [-0.15, -0.1) is 0 Å². The zero-order valence-electron chi connectivity index (χ0n) is 13.2. The highest BCUT2D eigenvalue weighted by molar-refractivity contribution is 5.71. The molecule has 1 aromatic carbocycles. The molecule has 2 unspecified atom stereocenters. The molecule has 22 heavy (non-hydrogen) atoms. The Morgan fingerprint density at radius 2 is 2.09 bits per heavy atom. The van der Waals surface area contributed by atoms with Crippen molar-refractivity contribution in [3.8, 4) is 17.6 Å². The fourth-order valence-corrected chi connectivity index (χ4v) is 4.26. The van der Waals surface area contributed by atoms with Crippen LogP contribution in [0.15, 0.2) is 6.07 Å². The Labute approximate surface area is 132 Å². The van der Waals surface area contributed by atoms with E-state index < -0.39 is 0 Å². The third-order valence-corrected chi connectivity index (χ3v) is 5.13. The summed E-state index contributed by atoms with van der Waals surface area (Å²) >= 11 is 0. The van der Waals surface area contributed by atoms with E-state index in [4.69, 9.17) is 10.00 Å². The second-order valence-corrected chi connectivity index (χ2v) is 6.36. The number of phenols is 1. The van der Waals surface area contributed by atoms with Crippen molar-refractivity contribution in [2.75, 3.05) is 18.5 Å². The maximum absolute atomic E-state index is 10.2. The van der Waals surface area contributed by atoms with E-state index >= 15 is 0 Å². The number of nitriles is 1. The van der Waals surface area contributed by atoms with Crippen LogP contribution in [0.1, 0.15) is 56.1 Å². The molecule has 0 aromatic heterocycles. The van der Waals surface area contributed by atoms with Crippen molar-refractivity contribution in [3.63, 3.8) is 0 Å². The van der Waals surface area contributed by atoms with Gasteiger partial charge in [-0.1, -0.05) is 12.8 Å². The summed E-state index contributed by atoms with van der Waals surface area (Å²) in [6, 6.07) is 3.74. The Bertz CT molecular complexity index is 592. The molecule has 0 bridgehead atoms. The summed E-state index contributed by atoms with van der Waals surface area (Å²) < 4.78 is 5.64. The molecule has 4 heteroatoms. The molecular weight excluding hydrogens is 276 g/mol. The first-order valence-corrected chi connectivity index (χ1v) is 8.32. The van der Waals surface area contributed by atoms with Gasteiger partial charge in [-0.05, 0) is 54.7 Å². The van der Waals surface area contributed by atoms with E-state index in [0.717, 1.165) is 24.6 Å². The number of nitrogens with one attached hydrogen (secondary N) is 1. The van der Waals surface area contributed by atoms with Gasteiger partial charge in [0.25, 0.3) is 0 Å². The lowest BCUT2D eigenvalue weighted by Crippen LogP contribution is -2.27. The van der Waals surface area contributed by atoms with E-state index in [2.05, 4.69) is 5.32 Å². The maximum Gasteiger partial charge on any atom is 0.184 e. The van der Waals surface area contributed by atoms with Crippen molar-refractivity contribution in [1.82, 2.24) is 0 Å². The summed E-state index contributed by atoms with van der Waals surface area (Å²) in [7, 11) is 0. The number of rotatable bonds is 0. The highest BCUT2D eigenvalue weighted by Gasteiger charge is 2.35. The van der Waals surface area contributed by atoms with E-state index in [1.807, 2.05) is 6.07 Å². The van der Waals surface area contributed by atoms with E-state index in [9.17, 15) is 5.11 Å². The number of anilines is 1. The topological polar surface area (TPSA) is 65.3 Å². The van der Waals surface area contributed by atoms with Gasteiger partial charge >= 0.3 is 0 Å². The van der Waals surface area contributed by atoms with Crippen LogP contribution >= 0.6 is 0 Å². The number of aromatic hydroxyl groups is 1. The third-order valence-electron chi connectivity index (χ3n) is 5.13. The van der Waals surface area contributed by atoms with Crippen LogP contribution in [0.3, 0.4) is 0 Å². The Balaban J connectivity index is 0.000000446. The molecule has 0 spiro atoms. The van der Waals surface area contributed by atoms with E-state index in [1.165, 1.54) is 50.2 Å². The average molecular weight is 300 g/mol. The SMILES string of the molecule is CC#N.Oc1cc2c(c3c1OCCN3)CCC1CCCCC21. The number of benzene rings is 1. The van der Waals surface area contributed by atoms with Crippen molar-refractivity contribution in [2.24, 2.45) is 5.92 Å². The Hall–Kier alpha value is -1.89. The van der Waals surface area contributed by atoms with Crippen LogP contribution in [0.4, 0.5) is 5.69 Å². The quantitative estimate of drug-likeness (QED) is 0.761. The van der Waals surface area contributed by atoms with Gasteiger partial charge in [0.15, 0.2) is 11.5 Å². The zero-order valence-corrected chi connectivity index (χ0v) is 13.2. The third kappa shape index (κ3) is 2.61. The van der Waals surface area contributed by atoms with Gasteiger partial charge in [-0.3, -0.25) is 0 Å². The monoisotopic (exact) mass is 300 g/mol. The molecule has 1 aromatic rings. The predicted molar refractivity (Wildman–Crippen MR) is 86.4 cm³/mol. The van der Waals surface area contributed by atoms with Gasteiger partial charge in [0.1, 0.15) is 6.61 Å². The van der Waals surface area contributed by atoms with Crippen molar-refractivity contribution in [3.05, 3.63) is 17.2 Å². The normalized spacial score (nSPS) is 24.9. The van der Waals surface area contributed by atoms with Crippen LogP contribution in [0.5, 0.6) is 11.5 Å². The highest BCUT2D eigenvalue weighted by atomic mass is 16.5. The molecule has 0 amide bonds. The molecule has 118 valence electrons. The molecule has 1 heterocycles. The first-order chi connectivity index (χ1) is 10.8. The van der Waals surface area contributed by atoms with Crippen LogP contribution in [-0.2, 0) is 6.42 Å². The van der Waals surface area contributed by atoms with Gasteiger partial charge in [0, 0.05) is 13.5 Å². The smallest absolute Gasteiger partial charge is 0.184 e. The molecule has 0 radical (unpaired) electrons. The van der Waals surface area contributed by atoms with Gasteiger partial charge in [0.05, 0.1) is 11.8 Å². The minimum atomic E-state index is 0.326. The van der Waals surface area contributed by atoms with Crippen molar-refractivity contribution >= 4 is 5.69 Å². The predicted octanol–water partition coefficient (Wildman–Crippen LogP) is 3.95. The van der Waals surface area contributed by atoms with Gasteiger partial charge in [-0.25, -0.2) is 0 Å². The van der Waals surface area contributed by atoms with Crippen molar-refractivity contribution < 1.29 is 9.84 Å². The number of fused-ring (bicyclic) bond motifs is 5. The Morgan fingerprint density at radius 1 is 1.32 bits per heavy atom. The minimum Gasteiger partial charge on any atom is -0.504 e. The molecule has 0 saturated heterocycles. The summed E-state index contributed by atoms with van der Waals surface area (Å²) in [6.45, 7) is 2.92. The van der Waals surface area contributed by atoms with Crippen LogP contribution in [0, 0.1) is 17.2 Å². The fraction of sp³-hybridized carbons (Fsp3) is 0.611. The number of hydrogen-bond acceptors (Lipinski definition) is 4. The van der Waals surface area contributed by atoms with Gasteiger partial charge in [-0.2, -0.15) is 5.26 Å². The molecule has 1 aliphatic heterocycles. The summed E-state index contributed by atoms with van der Waals surface area (Å²) in [5.74, 6) is 2.51. The lowest BCUT2D eigenvalue weighted by atomic mass is 9.67. The number of hydrogen-bond donors (Lipinski definition) is 2. The van der Waals surface area contributed by atoms with Gasteiger partial charge < -0.3 is 15.2 Å².